The van der Waals surface area contributed by atoms with Gasteiger partial charge >= 0.3 is 0 Å². The number of piperazine rings is 1. The molecule has 1 fully saturated rings. The molecule has 0 radical (unpaired) electrons. The van der Waals surface area contributed by atoms with Crippen LogP contribution >= 0.6 is 0 Å². The van der Waals surface area contributed by atoms with Gasteiger partial charge in [0.15, 0.2) is 0 Å². The summed E-state index contributed by atoms with van der Waals surface area (Å²) in [6, 6.07) is 12.6. The molecule has 0 aliphatic carbocycles. The van der Waals surface area contributed by atoms with Crippen LogP contribution in [0.1, 0.15) is 13.8 Å². The van der Waals surface area contributed by atoms with Gasteiger partial charge in [0.25, 0.3) is 0 Å². The molecule has 3 rings (SSSR count). The van der Waals surface area contributed by atoms with Gasteiger partial charge in [-0.15, -0.1) is 0 Å². The van der Waals surface area contributed by atoms with Gasteiger partial charge in [-0.3, -0.25) is 9.69 Å². The molecule has 2 aromatic carbocycles. The predicted octanol–water partition coefficient (Wildman–Crippen LogP) is 2.52. The van der Waals surface area contributed by atoms with Crippen LogP contribution in [0.15, 0.2) is 53.4 Å². The molecule has 0 atom stereocenters. The van der Waals surface area contributed by atoms with Crippen LogP contribution in [0, 0.1) is 11.7 Å². The second-order valence-corrected chi connectivity index (χ2v) is 9.64. The third kappa shape index (κ3) is 6.49. The lowest BCUT2D eigenvalue weighted by Gasteiger charge is -2.36. The van der Waals surface area contributed by atoms with Gasteiger partial charge in [0, 0.05) is 56.6 Å². The van der Waals surface area contributed by atoms with E-state index in [4.69, 9.17) is 0 Å². The number of carbonyl (C=O) groups is 1. The Bertz CT molecular complexity index is 971. The van der Waals surface area contributed by atoms with Crippen LogP contribution in [-0.2, 0) is 14.8 Å². The molecule has 2 N–H and O–H groups in total. The van der Waals surface area contributed by atoms with Crippen LogP contribution in [0.25, 0.3) is 0 Å². The maximum atomic E-state index is 13.1. The molecule has 168 valence electrons. The first-order valence-corrected chi connectivity index (χ1v) is 11.9. The monoisotopic (exact) mass is 448 g/mol. The molecule has 2 aromatic rings. The van der Waals surface area contributed by atoms with Gasteiger partial charge in [0.2, 0.25) is 15.9 Å². The van der Waals surface area contributed by atoms with Crippen molar-refractivity contribution in [2.24, 2.45) is 5.92 Å². The normalized spacial score (nSPS) is 15.3. The molecule has 1 aliphatic heterocycles. The Morgan fingerprint density at radius 2 is 1.61 bits per heavy atom. The first-order chi connectivity index (χ1) is 14.7. The zero-order chi connectivity index (χ0) is 22.4. The number of carbonyl (C=O) groups excluding carboxylic acids is 1. The van der Waals surface area contributed by atoms with Crippen LogP contribution in [0.2, 0.25) is 0 Å². The van der Waals surface area contributed by atoms with E-state index in [9.17, 15) is 17.6 Å². The van der Waals surface area contributed by atoms with Crippen molar-refractivity contribution in [1.82, 2.24) is 9.62 Å². The number of sulfonamides is 1. The van der Waals surface area contributed by atoms with Crippen molar-refractivity contribution < 1.29 is 17.6 Å². The van der Waals surface area contributed by atoms with Crippen molar-refractivity contribution in [3.05, 3.63) is 54.3 Å². The predicted molar refractivity (Wildman–Crippen MR) is 120 cm³/mol. The molecule has 0 aromatic heterocycles. The van der Waals surface area contributed by atoms with E-state index in [0.717, 1.165) is 31.9 Å². The molecule has 1 aliphatic rings. The highest BCUT2D eigenvalue weighted by molar-refractivity contribution is 7.89. The van der Waals surface area contributed by atoms with Crippen molar-refractivity contribution in [1.29, 1.82) is 0 Å². The average Bonchev–Trinajstić information content (AvgIpc) is 2.75. The first-order valence-electron chi connectivity index (χ1n) is 10.4. The Hall–Kier alpha value is -2.49. The molecule has 0 unspecified atom stereocenters. The molecule has 0 bridgehead atoms. The number of nitrogens with one attached hydrogen (secondary N) is 2. The summed E-state index contributed by atoms with van der Waals surface area (Å²) in [4.78, 5) is 16.3. The Morgan fingerprint density at radius 1 is 1.00 bits per heavy atom. The van der Waals surface area contributed by atoms with Crippen molar-refractivity contribution in [2.45, 2.75) is 18.7 Å². The van der Waals surface area contributed by atoms with E-state index in [0.29, 0.717) is 18.8 Å². The van der Waals surface area contributed by atoms with E-state index in [-0.39, 0.29) is 22.5 Å². The molecule has 0 saturated carbocycles. The number of amides is 1. The number of hydrogen-bond donors (Lipinski definition) is 2. The quantitative estimate of drug-likeness (QED) is 0.649. The maximum Gasteiger partial charge on any atom is 0.240 e. The topological polar surface area (TPSA) is 81.7 Å². The molecule has 1 amide bonds. The summed E-state index contributed by atoms with van der Waals surface area (Å²) < 4.78 is 40.8. The highest BCUT2D eigenvalue weighted by Gasteiger charge is 2.19. The summed E-state index contributed by atoms with van der Waals surface area (Å²) in [7, 11) is -3.62. The lowest BCUT2D eigenvalue weighted by Crippen LogP contribution is -2.48. The first kappa shape index (κ1) is 23.2. The highest BCUT2D eigenvalue weighted by atomic mass is 32.2. The summed E-state index contributed by atoms with van der Waals surface area (Å²) in [5.41, 5.74) is 1.56. The lowest BCUT2D eigenvalue weighted by molar-refractivity contribution is -0.118. The number of anilines is 2. The summed E-state index contributed by atoms with van der Waals surface area (Å²) in [5.74, 6) is -0.513. The Labute approximate surface area is 183 Å². The van der Waals surface area contributed by atoms with Crippen LogP contribution in [-0.4, -0.2) is 58.5 Å². The van der Waals surface area contributed by atoms with Crippen molar-refractivity contribution in [3.63, 3.8) is 0 Å². The van der Waals surface area contributed by atoms with E-state index in [1.54, 1.807) is 38.1 Å². The lowest BCUT2D eigenvalue weighted by atomic mass is 10.2. The fraction of sp³-hybridized carbons (Fsp3) is 0.409. The molecule has 7 nitrogen and oxygen atoms in total. The summed E-state index contributed by atoms with van der Waals surface area (Å²) >= 11 is 0. The number of halogens is 1. The van der Waals surface area contributed by atoms with Crippen molar-refractivity contribution in [3.8, 4) is 0 Å². The van der Waals surface area contributed by atoms with Crippen LogP contribution in [0.4, 0.5) is 15.8 Å². The zero-order valence-corrected chi connectivity index (χ0v) is 18.7. The van der Waals surface area contributed by atoms with Gasteiger partial charge in [-0.1, -0.05) is 13.8 Å². The zero-order valence-electron chi connectivity index (χ0n) is 17.8. The van der Waals surface area contributed by atoms with Crippen LogP contribution in [0.3, 0.4) is 0 Å². The summed E-state index contributed by atoms with van der Waals surface area (Å²) in [5, 5.41) is 2.74. The molecular weight excluding hydrogens is 419 g/mol. The summed E-state index contributed by atoms with van der Waals surface area (Å²) in [6.07, 6.45) is 0. The fourth-order valence-electron chi connectivity index (χ4n) is 3.31. The van der Waals surface area contributed by atoms with Gasteiger partial charge < -0.3 is 10.2 Å². The minimum Gasteiger partial charge on any atom is -0.369 e. The Kier molecular flexibility index (Phi) is 7.64. The molecule has 0 spiro atoms. The Balaban J connectivity index is 1.44. The van der Waals surface area contributed by atoms with E-state index >= 15 is 0 Å². The molecule has 1 saturated heterocycles. The van der Waals surface area contributed by atoms with Crippen LogP contribution < -0.4 is 14.9 Å². The fourth-order valence-corrected chi connectivity index (χ4v) is 4.33. The minimum absolute atomic E-state index is 0.117. The SMILES string of the molecule is CC(C)C(=O)Nc1ccc(S(=O)(=O)NCCN2CCN(c3ccc(F)cc3)CC2)cc1. The number of nitrogens with zero attached hydrogens (tertiary/aromatic N) is 2. The van der Waals surface area contributed by atoms with Gasteiger partial charge in [-0.05, 0) is 48.5 Å². The van der Waals surface area contributed by atoms with Crippen LogP contribution in [0.5, 0.6) is 0 Å². The minimum atomic E-state index is -3.62. The third-order valence-electron chi connectivity index (χ3n) is 5.24. The second kappa shape index (κ2) is 10.2. The van der Waals surface area contributed by atoms with E-state index in [1.165, 1.54) is 24.3 Å². The van der Waals surface area contributed by atoms with Crippen molar-refractivity contribution >= 4 is 27.3 Å². The summed E-state index contributed by atoms with van der Waals surface area (Å²) in [6.45, 7) is 7.74. The standard InChI is InChI=1S/C22H29FN4O3S/c1-17(2)22(28)25-19-5-9-21(10-6-19)31(29,30)24-11-12-26-13-15-27(16-14-26)20-7-3-18(23)4-8-20/h3-10,17,24H,11-16H2,1-2H3,(H,25,28). The second-order valence-electron chi connectivity index (χ2n) is 7.87. The average molecular weight is 449 g/mol. The molecule has 1 heterocycles. The third-order valence-corrected chi connectivity index (χ3v) is 6.72. The largest absolute Gasteiger partial charge is 0.369 e. The molecular formula is C22H29FN4O3S. The molecule has 31 heavy (non-hydrogen) atoms. The van der Waals surface area contributed by atoms with E-state index in [2.05, 4.69) is 19.8 Å². The van der Waals surface area contributed by atoms with Gasteiger partial charge in [0.05, 0.1) is 4.90 Å². The van der Waals surface area contributed by atoms with Gasteiger partial charge in [-0.25, -0.2) is 17.5 Å². The Morgan fingerprint density at radius 3 is 2.19 bits per heavy atom. The van der Waals surface area contributed by atoms with E-state index in [1.807, 2.05) is 0 Å². The number of benzene rings is 2. The smallest absolute Gasteiger partial charge is 0.240 e. The highest BCUT2D eigenvalue weighted by Crippen LogP contribution is 2.17. The van der Waals surface area contributed by atoms with Gasteiger partial charge in [-0.2, -0.15) is 0 Å². The number of hydrogen-bond acceptors (Lipinski definition) is 5. The number of rotatable bonds is 8. The van der Waals surface area contributed by atoms with Gasteiger partial charge in [0.1, 0.15) is 5.82 Å². The maximum absolute atomic E-state index is 13.1. The van der Waals surface area contributed by atoms with Crippen molar-refractivity contribution in [2.75, 3.05) is 49.5 Å². The van der Waals surface area contributed by atoms with E-state index < -0.39 is 10.0 Å². The molecule has 9 heteroatoms.